The van der Waals surface area contributed by atoms with Crippen molar-refractivity contribution in [3.63, 3.8) is 0 Å². The normalized spacial score (nSPS) is 11.5. The first-order valence-electron chi connectivity index (χ1n) is 10.5. The molecule has 8 nitrogen and oxygen atoms in total. The highest BCUT2D eigenvalue weighted by atomic mass is 16.5. The third-order valence-corrected chi connectivity index (χ3v) is 4.91. The Bertz CT molecular complexity index is 1160. The quantitative estimate of drug-likeness (QED) is 0.215. The zero-order valence-electron chi connectivity index (χ0n) is 18.4. The molecule has 1 unspecified atom stereocenters. The molecule has 1 aromatic heterocycles. The fourth-order valence-corrected chi connectivity index (χ4v) is 3.47. The summed E-state index contributed by atoms with van der Waals surface area (Å²) in [5.74, 6) is 2.18. The van der Waals surface area contributed by atoms with Crippen molar-refractivity contribution in [1.29, 1.82) is 0 Å². The highest BCUT2D eigenvalue weighted by Crippen LogP contribution is 2.33. The molecule has 0 aliphatic heterocycles. The minimum Gasteiger partial charge on any atom is -0.493 e. The molecule has 1 heterocycles. The highest BCUT2D eigenvalue weighted by molar-refractivity contribution is 6.10. The molecular weight excluding hydrogens is 424 g/mol. The van der Waals surface area contributed by atoms with E-state index in [-0.39, 0.29) is 13.1 Å². The number of aliphatic hydroxyl groups is 1. The van der Waals surface area contributed by atoms with Gasteiger partial charge in [-0.2, -0.15) is 0 Å². The van der Waals surface area contributed by atoms with Crippen molar-refractivity contribution < 1.29 is 29.2 Å². The number of hydrogen-bond donors (Lipinski definition) is 4. The Morgan fingerprint density at radius 3 is 2.39 bits per heavy atom. The van der Waals surface area contributed by atoms with E-state index in [1.165, 1.54) is 0 Å². The van der Waals surface area contributed by atoms with Crippen LogP contribution in [0.5, 0.6) is 17.2 Å². The minimum atomic E-state index is -0.628. The molecule has 3 aromatic carbocycles. The smallest absolute Gasteiger partial charge is 0.290 e. The summed E-state index contributed by atoms with van der Waals surface area (Å²) in [4.78, 5) is 11.8. The van der Waals surface area contributed by atoms with Gasteiger partial charge in [0.15, 0.2) is 11.5 Å². The van der Waals surface area contributed by atoms with Gasteiger partial charge in [-0.15, -0.1) is 0 Å². The summed E-state index contributed by atoms with van der Waals surface area (Å²) in [5.41, 5.74) is 2.09. The van der Waals surface area contributed by atoms with Gasteiger partial charge in [0, 0.05) is 29.4 Å². The van der Waals surface area contributed by atoms with Crippen LogP contribution in [0.4, 0.5) is 0 Å². The van der Waals surface area contributed by atoms with Crippen LogP contribution in [-0.2, 0) is 4.79 Å². The predicted molar refractivity (Wildman–Crippen MR) is 127 cm³/mol. The first kappa shape index (κ1) is 23.9. The number of aliphatic hydroxyl groups excluding tert-OH is 1. The predicted octanol–water partition coefficient (Wildman–Crippen LogP) is 3.44. The van der Waals surface area contributed by atoms with E-state index in [9.17, 15) is 5.11 Å². The molecule has 0 saturated carbocycles. The topological polar surface area (TPSA) is 113 Å². The van der Waals surface area contributed by atoms with Gasteiger partial charge in [-0.3, -0.25) is 4.79 Å². The lowest BCUT2D eigenvalue weighted by atomic mass is 10.1. The monoisotopic (exact) mass is 452 g/mol. The van der Waals surface area contributed by atoms with Crippen LogP contribution in [0.2, 0.25) is 0 Å². The number of para-hydroxylation sites is 3. The number of ether oxygens (including phenoxy) is 3. The lowest BCUT2D eigenvalue weighted by molar-refractivity contribution is -0.122. The molecule has 4 aromatic rings. The largest absolute Gasteiger partial charge is 0.493 e. The first-order valence-corrected chi connectivity index (χ1v) is 10.5. The van der Waals surface area contributed by atoms with Gasteiger partial charge >= 0.3 is 0 Å². The summed E-state index contributed by atoms with van der Waals surface area (Å²) in [6.07, 6.45) is -0.628. The molecule has 1 atom stereocenters. The molecule has 0 aliphatic carbocycles. The Hall–Kier alpha value is -3.75. The molecule has 0 fully saturated rings. The van der Waals surface area contributed by atoms with E-state index < -0.39 is 6.10 Å². The van der Waals surface area contributed by atoms with Gasteiger partial charge < -0.3 is 34.7 Å². The highest BCUT2D eigenvalue weighted by Gasteiger charge is 2.11. The average Bonchev–Trinajstić information content (AvgIpc) is 3.22. The Balaban J connectivity index is 0.000000968. The van der Waals surface area contributed by atoms with Crippen molar-refractivity contribution in [1.82, 2.24) is 10.3 Å². The fraction of sp³-hybridized carbons (Fsp3) is 0.240. The summed E-state index contributed by atoms with van der Waals surface area (Å²) in [7, 11) is 1.62. The third kappa shape index (κ3) is 6.38. The second kappa shape index (κ2) is 12.3. The van der Waals surface area contributed by atoms with Crippen molar-refractivity contribution in [3.05, 3.63) is 66.7 Å². The standard InChI is InChI=1S/C24H26N2O4.CH2O2/c1-28-21-10-4-5-11-22(21)29-14-13-25-15-17(27)16-30-23-12-6-9-20-24(23)18-7-2-3-8-19(18)26-20;2-1-3/h2-12,17,25-27H,13-16H2,1H3;1H,(H,2,3). The number of fused-ring (bicyclic) bond motifs is 3. The van der Waals surface area contributed by atoms with Crippen molar-refractivity contribution in [2.24, 2.45) is 0 Å². The van der Waals surface area contributed by atoms with Crippen molar-refractivity contribution in [2.45, 2.75) is 6.10 Å². The minimum absolute atomic E-state index is 0.207. The maximum Gasteiger partial charge on any atom is 0.290 e. The molecule has 0 aliphatic rings. The van der Waals surface area contributed by atoms with Gasteiger partial charge in [0.25, 0.3) is 6.47 Å². The Kier molecular flexibility index (Phi) is 8.93. The van der Waals surface area contributed by atoms with Gasteiger partial charge in [0.05, 0.1) is 12.6 Å². The summed E-state index contributed by atoms with van der Waals surface area (Å²) in [5, 5.41) is 22.5. The van der Waals surface area contributed by atoms with Gasteiger partial charge in [0.2, 0.25) is 0 Å². The number of rotatable bonds is 10. The van der Waals surface area contributed by atoms with Gasteiger partial charge in [-0.1, -0.05) is 36.4 Å². The molecule has 0 saturated heterocycles. The molecule has 4 N–H and O–H groups in total. The number of carboxylic acid groups (broad SMARTS) is 1. The summed E-state index contributed by atoms with van der Waals surface area (Å²) in [6.45, 7) is 1.45. The van der Waals surface area contributed by atoms with Crippen LogP contribution in [0, 0.1) is 0 Å². The summed E-state index contributed by atoms with van der Waals surface area (Å²) < 4.78 is 16.9. The van der Waals surface area contributed by atoms with Crippen LogP contribution in [0.3, 0.4) is 0 Å². The van der Waals surface area contributed by atoms with Crippen molar-refractivity contribution in [2.75, 3.05) is 33.4 Å². The van der Waals surface area contributed by atoms with E-state index >= 15 is 0 Å². The molecule has 0 spiro atoms. The first-order chi connectivity index (χ1) is 16.2. The molecule has 174 valence electrons. The number of carbonyl (C=O) groups is 1. The lowest BCUT2D eigenvalue weighted by Crippen LogP contribution is -2.33. The van der Waals surface area contributed by atoms with Gasteiger partial charge in [-0.05, 0) is 30.3 Å². The van der Waals surface area contributed by atoms with Crippen molar-refractivity contribution in [3.8, 4) is 17.2 Å². The Morgan fingerprint density at radius 1 is 0.939 bits per heavy atom. The van der Waals surface area contributed by atoms with E-state index in [0.717, 1.165) is 27.6 Å². The lowest BCUT2D eigenvalue weighted by Gasteiger charge is -2.15. The molecular formula is C25H28N2O6. The number of hydrogen-bond acceptors (Lipinski definition) is 6. The fourth-order valence-electron chi connectivity index (χ4n) is 3.47. The SMILES string of the molecule is COc1ccccc1OCCNCC(O)COc1cccc2[nH]c3ccccc3c12.O=CO. The second-order valence-electron chi connectivity index (χ2n) is 7.12. The van der Waals surface area contributed by atoms with Crippen LogP contribution in [0.1, 0.15) is 0 Å². The van der Waals surface area contributed by atoms with E-state index in [0.29, 0.717) is 31.2 Å². The Labute approximate surface area is 191 Å². The van der Waals surface area contributed by atoms with Gasteiger partial charge in [-0.25, -0.2) is 0 Å². The van der Waals surface area contributed by atoms with Crippen molar-refractivity contribution >= 4 is 28.3 Å². The Morgan fingerprint density at radius 2 is 1.61 bits per heavy atom. The van der Waals surface area contributed by atoms with E-state index in [1.54, 1.807) is 7.11 Å². The van der Waals surface area contributed by atoms with Crippen LogP contribution in [0.25, 0.3) is 21.8 Å². The van der Waals surface area contributed by atoms with Gasteiger partial charge in [0.1, 0.15) is 25.1 Å². The molecule has 8 heteroatoms. The third-order valence-electron chi connectivity index (χ3n) is 4.91. The number of benzene rings is 3. The van der Waals surface area contributed by atoms with Crippen LogP contribution in [-0.4, -0.2) is 61.2 Å². The summed E-state index contributed by atoms with van der Waals surface area (Å²) >= 11 is 0. The zero-order valence-corrected chi connectivity index (χ0v) is 18.4. The van der Waals surface area contributed by atoms with E-state index in [2.05, 4.69) is 16.4 Å². The average molecular weight is 453 g/mol. The molecule has 0 bridgehead atoms. The molecule has 33 heavy (non-hydrogen) atoms. The number of methoxy groups -OCH3 is 1. The zero-order chi connectivity index (χ0) is 23.5. The second-order valence-corrected chi connectivity index (χ2v) is 7.12. The molecule has 0 radical (unpaired) electrons. The maximum absolute atomic E-state index is 10.3. The molecule has 0 amide bonds. The number of aromatic amines is 1. The number of nitrogens with one attached hydrogen (secondary N) is 2. The van der Waals surface area contributed by atoms with E-state index in [4.69, 9.17) is 24.1 Å². The number of H-pyrrole nitrogens is 1. The van der Waals surface area contributed by atoms with Crippen LogP contribution >= 0.6 is 0 Å². The van der Waals surface area contributed by atoms with E-state index in [1.807, 2.05) is 60.7 Å². The van der Waals surface area contributed by atoms with Crippen LogP contribution in [0.15, 0.2) is 66.7 Å². The maximum atomic E-state index is 10.3. The molecule has 4 rings (SSSR count). The summed E-state index contributed by atoms with van der Waals surface area (Å²) in [6, 6.07) is 21.6. The number of aromatic nitrogens is 1. The van der Waals surface area contributed by atoms with Crippen LogP contribution < -0.4 is 19.5 Å².